The number of nitrogens with one attached hydrogen (secondary N) is 1. The summed E-state index contributed by atoms with van der Waals surface area (Å²) in [5.74, 6) is 0. The topological polar surface area (TPSA) is 49.4 Å². The number of hydrogen-bond acceptors (Lipinski definition) is 3. The Bertz CT molecular complexity index is 395. The molecule has 0 aliphatic carbocycles. The van der Waals surface area contributed by atoms with E-state index < -0.39 is 10.2 Å². The fourth-order valence-corrected chi connectivity index (χ4v) is 2.39. The first-order valence-electron chi connectivity index (χ1n) is 4.13. The van der Waals surface area contributed by atoms with Gasteiger partial charge in [-0.2, -0.15) is 17.4 Å². The average Bonchev–Trinajstić information content (AvgIpc) is 2.47. The maximum Gasteiger partial charge on any atom is 0.279 e. The molecular weight excluding hydrogens is 220 g/mol. The van der Waals surface area contributed by atoms with Gasteiger partial charge in [0, 0.05) is 25.5 Å². The van der Waals surface area contributed by atoms with Crippen LogP contribution < -0.4 is 4.72 Å². The van der Waals surface area contributed by atoms with Gasteiger partial charge in [-0.1, -0.05) is 0 Å². The number of thiophene rings is 1. The van der Waals surface area contributed by atoms with Crippen LogP contribution in [0.5, 0.6) is 0 Å². The molecule has 6 heteroatoms. The van der Waals surface area contributed by atoms with Gasteiger partial charge in [-0.3, -0.25) is 0 Å². The second-order valence-electron chi connectivity index (χ2n) is 3.14. The quantitative estimate of drug-likeness (QED) is 0.843. The molecule has 1 heterocycles. The zero-order chi connectivity index (χ0) is 10.8. The van der Waals surface area contributed by atoms with Crippen LogP contribution in [-0.2, 0) is 16.8 Å². The van der Waals surface area contributed by atoms with Crippen molar-refractivity contribution >= 4 is 21.5 Å². The molecule has 0 aliphatic rings. The van der Waals surface area contributed by atoms with Crippen molar-refractivity contribution in [1.29, 1.82) is 0 Å². The van der Waals surface area contributed by atoms with Gasteiger partial charge in [0.15, 0.2) is 0 Å². The molecule has 0 amide bonds. The molecule has 14 heavy (non-hydrogen) atoms. The van der Waals surface area contributed by atoms with E-state index in [0.717, 1.165) is 14.7 Å². The summed E-state index contributed by atoms with van der Waals surface area (Å²) in [7, 11) is -0.294. The van der Waals surface area contributed by atoms with Crippen molar-refractivity contribution in [3.63, 3.8) is 0 Å². The number of rotatable bonds is 4. The fraction of sp³-hybridized carbons (Fsp3) is 0.500. The highest BCUT2D eigenvalue weighted by molar-refractivity contribution is 7.87. The molecule has 1 aromatic rings. The van der Waals surface area contributed by atoms with Crippen LogP contribution in [0.25, 0.3) is 0 Å². The molecule has 0 atom stereocenters. The summed E-state index contributed by atoms with van der Waals surface area (Å²) in [6, 6.07) is 1.98. The summed E-state index contributed by atoms with van der Waals surface area (Å²) in [5, 5.41) is 1.95. The molecule has 0 unspecified atom stereocenters. The van der Waals surface area contributed by atoms with Crippen molar-refractivity contribution in [1.82, 2.24) is 9.03 Å². The monoisotopic (exact) mass is 234 g/mol. The molecule has 0 radical (unpaired) electrons. The minimum atomic E-state index is -3.30. The van der Waals surface area contributed by atoms with Crippen LogP contribution in [0.1, 0.15) is 10.4 Å². The average molecular weight is 234 g/mol. The van der Waals surface area contributed by atoms with E-state index in [1.165, 1.54) is 14.1 Å². The van der Waals surface area contributed by atoms with Gasteiger partial charge < -0.3 is 0 Å². The van der Waals surface area contributed by atoms with E-state index >= 15 is 0 Å². The minimum absolute atomic E-state index is 0.365. The third-order valence-corrected chi connectivity index (χ3v) is 4.36. The summed E-state index contributed by atoms with van der Waals surface area (Å²) in [5.41, 5.74) is 1.12. The van der Waals surface area contributed by atoms with E-state index in [0.29, 0.717) is 6.54 Å². The zero-order valence-electron chi connectivity index (χ0n) is 8.44. The van der Waals surface area contributed by atoms with E-state index in [1.54, 1.807) is 11.3 Å². The third-order valence-electron chi connectivity index (χ3n) is 1.86. The smallest absolute Gasteiger partial charge is 0.197 e. The van der Waals surface area contributed by atoms with Gasteiger partial charge in [0.05, 0.1) is 0 Å². The molecule has 0 saturated carbocycles. The molecule has 4 nitrogen and oxygen atoms in total. The summed E-state index contributed by atoms with van der Waals surface area (Å²) in [4.78, 5) is 1.05. The highest BCUT2D eigenvalue weighted by Crippen LogP contribution is 2.15. The predicted octanol–water partition coefficient (Wildman–Crippen LogP) is 0.953. The second kappa shape index (κ2) is 4.39. The van der Waals surface area contributed by atoms with E-state index in [2.05, 4.69) is 4.72 Å². The molecule has 0 saturated heterocycles. The van der Waals surface area contributed by atoms with Crippen molar-refractivity contribution < 1.29 is 8.42 Å². The summed E-state index contributed by atoms with van der Waals surface area (Å²) >= 11 is 1.56. The van der Waals surface area contributed by atoms with Crippen LogP contribution in [0.4, 0.5) is 0 Å². The largest absolute Gasteiger partial charge is 0.279 e. The number of aryl methyl sites for hydroxylation is 1. The van der Waals surface area contributed by atoms with Crippen LogP contribution in [0.3, 0.4) is 0 Å². The number of nitrogens with zero attached hydrogens (tertiary/aromatic N) is 1. The van der Waals surface area contributed by atoms with Crippen molar-refractivity contribution in [3.8, 4) is 0 Å². The van der Waals surface area contributed by atoms with Crippen molar-refractivity contribution in [2.24, 2.45) is 0 Å². The Morgan fingerprint density at radius 2 is 2.14 bits per heavy atom. The highest BCUT2D eigenvalue weighted by Gasteiger charge is 2.12. The molecule has 80 valence electrons. The maximum absolute atomic E-state index is 11.4. The molecule has 0 fully saturated rings. The van der Waals surface area contributed by atoms with Crippen LogP contribution in [-0.4, -0.2) is 26.8 Å². The summed E-state index contributed by atoms with van der Waals surface area (Å²) < 4.78 is 26.4. The Kier molecular flexibility index (Phi) is 3.65. The lowest BCUT2D eigenvalue weighted by Crippen LogP contribution is -2.35. The summed E-state index contributed by atoms with van der Waals surface area (Å²) in [6.45, 7) is 2.33. The van der Waals surface area contributed by atoms with Crippen LogP contribution >= 0.6 is 11.3 Å². The van der Waals surface area contributed by atoms with Gasteiger partial charge in [-0.05, 0) is 23.9 Å². The normalized spacial score (nSPS) is 12.3. The Morgan fingerprint density at radius 1 is 1.50 bits per heavy atom. The van der Waals surface area contributed by atoms with Crippen LogP contribution in [0.2, 0.25) is 0 Å². The summed E-state index contributed by atoms with van der Waals surface area (Å²) in [6.07, 6.45) is 0. The molecule has 1 N–H and O–H groups in total. The van der Waals surface area contributed by atoms with Crippen molar-refractivity contribution in [3.05, 3.63) is 21.9 Å². The SMILES string of the molecule is Cc1ccsc1CNS(=O)(=O)N(C)C. The lowest BCUT2D eigenvalue weighted by Gasteiger charge is -2.11. The van der Waals surface area contributed by atoms with Gasteiger partial charge in [-0.15, -0.1) is 11.3 Å². The Hall–Kier alpha value is -0.430. The van der Waals surface area contributed by atoms with E-state index in [1.807, 2.05) is 18.4 Å². The molecule has 0 aliphatic heterocycles. The first kappa shape index (κ1) is 11.6. The molecule has 0 aromatic carbocycles. The zero-order valence-corrected chi connectivity index (χ0v) is 10.1. The van der Waals surface area contributed by atoms with E-state index in [9.17, 15) is 8.42 Å². The van der Waals surface area contributed by atoms with Gasteiger partial charge in [0.25, 0.3) is 10.2 Å². The molecule has 0 bridgehead atoms. The lowest BCUT2D eigenvalue weighted by atomic mass is 10.3. The Labute approximate surface area is 88.7 Å². The molecule has 1 aromatic heterocycles. The predicted molar refractivity (Wildman–Crippen MR) is 58.5 cm³/mol. The van der Waals surface area contributed by atoms with Crippen LogP contribution in [0, 0.1) is 6.92 Å². The fourth-order valence-electron chi connectivity index (χ4n) is 0.871. The molecule has 1 rings (SSSR count). The first-order chi connectivity index (χ1) is 6.43. The van der Waals surface area contributed by atoms with E-state index in [-0.39, 0.29) is 0 Å². The van der Waals surface area contributed by atoms with Crippen molar-refractivity contribution in [2.45, 2.75) is 13.5 Å². The third kappa shape index (κ3) is 2.78. The second-order valence-corrected chi connectivity index (χ2v) is 6.11. The Morgan fingerprint density at radius 3 is 2.57 bits per heavy atom. The Balaban J connectivity index is 2.62. The minimum Gasteiger partial charge on any atom is -0.197 e. The standard InChI is InChI=1S/C8H14N2O2S2/c1-7-4-5-13-8(7)6-9-14(11,12)10(2)3/h4-5,9H,6H2,1-3H3. The van der Waals surface area contributed by atoms with E-state index in [4.69, 9.17) is 0 Å². The highest BCUT2D eigenvalue weighted by atomic mass is 32.2. The van der Waals surface area contributed by atoms with Gasteiger partial charge in [-0.25, -0.2) is 0 Å². The molecule has 0 spiro atoms. The number of hydrogen-bond donors (Lipinski definition) is 1. The lowest BCUT2D eigenvalue weighted by molar-refractivity contribution is 0.505. The molecular formula is C8H14N2O2S2. The van der Waals surface area contributed by atoms with Crippen LogP contribution in [0.15, 0.2) is 11.4 Å². The van der Waals surface area contributed by atoms with Crippen molar-refractivity contribution in [2.75, 3.05) is 14.1 Å². The van der Waals surface area contributed by atoms with Gasteiger partial charge >= 0.3 is 0 Å². The van der Waals surface area contributed by atoms with Gasteiger partial charge in [0.2, 0.25) is 0 Å². The maximum atomic E-state index is 11.4. The van der Waals surface area contributed by atoms with Gasteiger partial charge in [0.1, 0.15) is 0 Å². The first-order valence-corrected chi connectivity index (χ1v) is 6.45.